The molecule has 0 saturated carbocycles. The van der Waals surface area contributed by atoms with E-state index in [9.17, 15) is 4.79 Å². The summed E-state index contributed by atoms with van der Waals surface area (Å²) in [7, 11) is 0. The number of aliphatic carboxylic acids is 1. The van der Waals surface area contributed by atoms with E-state index in [1.807, 2.05) is 36.6 Å². The first-order valence-electron chi connectivity index (χ1n) is 11.4. The Bertz CT molecular complexity index is 1220. The summed E-state index contributed by atoms with van der Waals surface area (Å²) in [5.41, 5.74) is 4.30. The van der Waals surface area contributed by atoms with E-state index in [2.05, 4.69) is 31.2 Å². The number of aryl methyl sites for hydroxylation is 1. The lowest BCUT2D eigenvalue weighted by molar-refractivity contribution is -0.139. The van der Waals surface area contributed by atoms with Crippen LogP contribution in [0.1, 0.15) is 25.3 Å². The van der Waals surface area contributed by atoms with E-state index in [0.29, 0.717) is 12.4 Å². The number of ether oxygens (including phenoxy) is 2. The number of carboxylic acid groups (broad SMARTS) is 1. The van der Waals surface area contributed by atoms with Gasteiger partial charge in [-0.15, -0.1) is 11.8 Å². The van der Waals surface area contributed by atoms with Crippen LogP contribution >= 0.6 is 11.8 Å². The van der Waals surface area contributed by atoms with Crippen LogP contribution in [-0.2, 0) is 11.2 Å². The topological polar surface area (TPSA) is 68.9 Å². The zero-order valence-corrected chi connectivity index (χ0v) is 20.0. The molecule has 1 N–H and O–H groups in total. The number of hydrogen-bond acceptors (Lipinski definition) is 5. The van der Waals surface area contributed by atoms with Crippen LogP contribution in [0.2, 0.25) is 0 Å². The third kappa shape index (κ3) is 5.94. The molecule has 4 aromatic rings. The molecule has 0 fully saturated rings. The van der Waals surface area contributed by atoms with Gasteiger partial charge >= 0.3 is 5.97 Å². The fourth-order valence-electron chi connectivity index (χ4n) is 3.81. The van der Waals surface area contributed by atoms with E-state index in [0.717, 1.165) is 63.3 Å². The molecule has 34 heavy (non-hydrogen) atoms. The number of carboxylic acids is 1. The smallest absolute Gasteiger partial charge is 0.341 e. The summed E-state index contributed by atoms with van der Waals surface area (Å²) in [6.07, 6.45) is 4.66. The van der Waals surface area contributed by atoms with Gasteiger partial charge in [-0.1, -0.05) is 43.7 Å². The molecule has 0 spiro atoms. The zero-order valence-electron chi connectivity index (χ0n) is 19.2. The van der Waals surface area contributed by atoms with Crippen molar-refractivity contribution in [2.24, 2.45) is 0 Å². The predicted molar refractivity (Wildman–Crippen MR) is 136 cm³/mol. The molecule has 0 aliphatic carbocycles. The summed E-state index contributed by atoms with van der Waals surface area (Å²) >= 11 is 1.74. The second kappa shape index (κ2) is 11.7. The SMILES string of the molecule is CCCc1c(OCCCSc2ccc(OCC(=O)O)cc2)ccc2c(-c3ccccc3)coc12. The lowest BCUT2D eigenvalue weighted by atomic mass is 10.0. The van der Waals surface area contributed by atoms with Crippen molar-refractivity contribution >= 4 is 28.7 Å². The number of rotatable bonds is 12. The Hall–Kier alpha value is -3.38. The van der Waals surface area contributed by atoms with Crippen LogP contribution in [0.15, 0.2) is 82.3 Å². The Morgan fingerprint density at radius 2 is 1.79 bits per heavy atom. The largest absolute Gasteiger partial charge is 0.493 e. The minimum Gasteiger partial charge on any atom is -0.493 e. The Labute approximate surface area is 203 Å². The summed E-state index contributed by atoms with van der Waals surface area (Å²) in [6.45, 7) is 2.46. The maximum absolute atomic E-state index is 10.6. The van der Waals surface area contributed by atoms with E-state index < -0.39 is 5.97 Å². The molecule has 0 aliphatic rings. The van der Waals surface area contributed by atoms with Gasteiger partial charge in [0, 0.05) is 27.2 Å². The van der Waals surface area contributed by atoms with Crippen molar-refractivity contribution < 1.29 is 23.8 Å². The molecule has 0 saturated heterocycles. The van der Waals surface area contributed by atoms with E-state index in [-0.39, 0.29) is 6.61 Å². The van der Waals surface area contributed by atoms with Gasteiger partial charge in [0.1, 0.15) is 17.1 Å². The second-order valence-corrected chi connectivity index (χ2v) is 9.06. The third-order valence-electron chi connectivity index (χ3n) is 5.39. The minimum absolute atomic E-state index is 0.332. The number of hydrogen-bond donors (Lipinski definition) is 1. The summed E-state index contributed by atoms with van der Waals surface area (Å²) in [5.74, 6) is 1.39. The van der Waals surface area contributed by atoms with E-state index >= 15 is 0 Å². The Morgan fingerprint density at radius 3 is 2.53 bits per heavy atom. The highest BCUT2D eigenvalue weighted by Crippen LogP contribution is 2.37. The summed E-state index contributed by atoms with van der Waals surface area (Å²) < 4.78 is 17.4. The van der Waals surface area contributed by atoms with Crippen LogP contribution < -0.4 is 9.47 Å². The van der Waals surface area contributed by atoms with Crippen LogP contribution in [0, 0.1) is 0 Å². The monoisotopic (exact) mass is 476 g/mol. The third-order valence-corrected chi connectivity index (χ3v) is 6.49. The van der Waals surface area contributed by atoms with Crippen molar-refractivity contribution in [3.8, 4) is 22.6 Å². The Kier molecular flexibility index (Phi) is 8.15. The van der Waals surface area contributed by atoms with Crippen LogP contribution in [0.25, 0.3) is 22.1 Å². The molecule has 0 aliphatic heterocycles. The fraction of sp³-hybridized carbons (Fsp3) is 0.250. The lowest BCUT2D eigenvalue weighted by Crippen LogP contribution is -2.09. The molecule has 4 rings (SSSR count). The highest BCUT2D eigenvalue weighted by atomic mass is 32.2. The van der Waals surface area contributed by atoms with Crippen LogP contribution in [-0.4, -0.2) is 30.0 Å². The van der Waals surface area contributed by atoms with Crippen LogP contribution in [0.4, 0.5) is 0 Å². The standard InChI is InChI=1S/C28H28O5S/c1-2-7-24-26(15-14-23-25(18-33-28(23)24)20-8-4-3-5-9-20)31-16-6-17-34-22-12-10-21(11-13-22)32-19-27(29)30/h3-5,8-15,18H,2,6-7,16-17,19H2,1H3,(H,29,30). The van der Waals surface area contributed by atoms with Gasteiger partial charge in [0.15, 0.2) is 6.61 Å². The fourth-order valence-corrected chi connectivity index (χ4v) is 4.64. The molecule has 0 atom stereocenters. The van der Waals surface area contributed by atoms with Crippen LogP contribution in [0.5, 0.6) is 11.5 Å². The van der Waals surface area contributed by atoms with Gasteiger partial charge in [0.05, 0.1) is 12.9 Å². The van der Waals surface area contributed by atoms with Crippen molar-refractivity contribution in [2.45, 2.75) is 31.1 Å². The number of fused-ring (bicyclic) bond motifs is 1. The molecule has 176 valence electrons. The summed E-state index contributed by atoms with van der Waals surface area (Å²) in [5, 5.41) is 9.80. The average molecular weight is 477 g/mol. The van der Waals surface area contributed by atoms with E-state index in [4.69, 9.17) is 19.0 Å². The maximum Gasteiger partial charge on any atom is 0.341 e. The molecule has 3 aromatic carbocycles. The van der Waals surface area contributed by atoms with Crippen LogP contribution in [0.3, 0.4) is 0 Å². The zero-order chi connectivity index (χ0) is 23.8. The highest BCUT2D eigenvalue weighted by molar-refractivity contribution is 7.99. The van der Waals surface area contributed by atoms with Crippen molar-refractivity contribution in [3.05, 3.63) is 78.6 Å². The number of thioether (sulfide) groups is 1. The molecule has 0 bridgehead atoms. The van der Waals surface area contributed by atoms with Crippen molar-refractivity contribution in [1.29, 1.82) is 0 Å². The first kappa shape index (κ1) is 23.8. The molecular weight excluding hydrogens is 448 g/mol. The lowest BCUT2D eigenvalue weighted by Gasteiger charge is -2.12. The molecule has 5 nitrogen and oxygen atoms in total. The molecule has 0 unspecified atom stereocenters. The molecular formula is C28H28O5S. The number of carbonyl (C=O) groups is 1. The van der Waals surface area contributed by atoms with Crippen molar-refractivity contribution in [2.75, 3.05) is 19.0 Å². The Morgan fingerprint density at radius 1 is 1.00 bits per heavy atom. The second-order valence-electron chi connectivity index (χ2n) is 7.89. The van der Waals surface area contributed by atoms with Gasteiger partial charge in [0.25, 0.3) is 0 Å². The highest BCUT2D eigenvalue weighted by Gasteiger charge is 2.15. The number of furan rings is 1. The van der Waals surface area contributed by atoms with Gasteiger partial charge in [-0.2, -0.15) is 0 Å². The van der Waals surface area contributed by atoms with Gasteiger partial charge < -0.3 is 19.0 Å². The predicted octanol–water partition coefficient (Wildman–Crippen LogP) is 7.08. The van der Waals surface area contributed by atoms with E-state index in [1.165, 1.54) is 0 Å². The Balaban J connectivity index is 1.34. The normalized spacial score (nSPS) is 11.0. The summed E-state index contributed by atoms with van der Waals surface area (Å²) in [4.78, 5) is 11.7. The number of benzene rings is 3. The molecule has 1 heterocycles. The maximum atomic E-state index is 10.6. The molecule has 1 aromatic heterocycles. The summed E-state index contributed by atoms with van der Waals surface area (Å²) in [6, 6.07) is 21.9. The minimum atomic E-state index is -0.983. The van der Waals surface area contributed by atoms with Crippen molar-refractivity contribution in [1.82, 2.24) is 0 Å². The van der Waals surface area contributed by atoms with Gasteiger partial charge in [-0.05, 0) is 54.8 Å². The quantitative estimate of drug-likeness (QED) is 0.174. The average Bonchev–Trinajstić information content (AvgIpc) is 3.29. The first-order chi connectivity index (χ1) is 16.7. The molecule has 6 heteroatoms. The van der Waals surface area contributed by atoms with Gasteiger partial charge in [-0.25, -0.2) is 4.79 Å². The molecule has 0 amide bonds. The van der Waals surface area contributed by atoms with E-state index in [1.54, 1.807) is 23.9 Å². The first-order valence-corrected chi connectivity index (χ1v) is 12.4. The van der Waals surface area contributed by atoms with Crippen molar-refractivity contribution in [3.63, 3.8) is 0 Å². The molecule has 0 radical (unpaired) electrons. The van der Waals surface area contributed by atoms with Gasteiger partial charge in [-0.3, -0.25) is 0 Å². The van der Waals surface area contributed by atoms with Gasteiger partial charge in [0.2, 0.25) is 0 Å².